The molecule has 0 atom stereocenters. The van der Waals surface area contributed by atoms with Crippen LogP contribution in [0.4, 0.5) is 11.4 Å². The molecule has 8 heteroatoms. The van der Waals surface area contributed by atoms with Crippen LogP contribution >= 0.6 is 0 Å². The number of sulfonamides is 1. The third kappa shape index (κ3) is 4.40. The minimum atomic E-state index is -3.72. The molecule has 26 heavy (non-hydrogen) atoms. The van der Waals surface area contributed by atoms with E-state index in [2.05, 4.69) is 5.32 Å². The fourth-order valence-electron chi connectivity index (χ4n) is 2.66. The van der Waals surface area contributed by atoms with Crippen LogP contribution in [0.25, 0.3) is 0 Å². The number of amides is 1. The highest BCUT2D eigenvalue weighted by Crippen LogP contribution is 2.26. The number of carbonyl (C=O) groups excluding carboxylic acids is 1. The Morgan fingerprint density at radius 3 is 2.15 bits per heavy atom. The van der Waals surface area contributed by atoms with E-state index < -0.39 is 28.4 Å². The molecule has 0 saturated heterocycles. The molecule has 1 amide bonds. The topological polar surface area (TPSA) is 104 Å². The van der Waals surface area contributed by atoms with Gasteiger partial charge in [0.05, 0.1) is 23.2 Å². The van der Waals surface area contributed by atoms with Crippen molar-refractivity contribution in [3.63, 3.8) is 0 Å². The minimum Gasteiger partial charge on any atom is -0.478 e. The lowest BCUT2D eigenvalue weighted by Gasteiger charge is -2.25. The van der Waals surface area contributed by atoms with Crippen molar-refractivity contribution < 1.29 is 23.1 Å². The molecule has 0 radical (unpaired) electrons. The Bertz CT molecular complexity index is 934. The Kier molecular flexibility index (Phi) is 5.66. The van der Waals surface area contributed by atoms with Gasteiger partial charge in [0.15, 0.2) is 0 Å². The van der Waals surface area contributed by atoms with Gasteiger partial charge in [-0.2, -0.15) is 0 Å². The fraction of sp³-hybridized carbons (Fsp3) is 0.222. The van der Waals surface area contributed by atoms with Crippen LogP contribution in [0.15, 0.2) is 42.5 Å². The van der Waals surface area contributed by atoms with E-state index in [1.54, 1.807) is 44.2 Å². The van der Waals surface area contributed by atoms with E-state index in [0.29, 0.717) is 16.8 Å². The Morgan fingerprint density at radius 2 is 1.62 bits per heavy atom. The smallest absolute Gasteiger partial charge is 0.337 e. The first-order valence-corrected chi connectivity index (χ1v) is 9.62. The van der Waals surface area contributed by atoms with E-state index in [1.165, 1.54) is 12.1 Å². The lowest BCUT2D eigenvalue weighted by Crippen LogP contribution is -2.38. The zero-order valence-electron chi connectivity index (χ0n) is 14.7. The summed E-state index contributed by atoms with van der Waals surface area (Å²) in [6.45, 7) is 3.06. The highest BCUT2D eigenvalue weighted by atomic mass is 32.2. The van der Waals surface area contributed by atoms with Crippen LogP contribution in [0.1, 0.15) is 21.5 Å². The zero-order valence-corrected chi connectivity index (χ0v) is 15.5. The van der Waals surface area contributed by atoms with Gasteiger partial charge in [-0.05, 0) is 37.1 Å². The van der Waals surface area contributed by atoms with Crippen molar-refractivity contribution in [2.45, 2.75) is 13.8 Å². The SMILES string of the molecule is Cc1cccc(C)c1N(CC(=O)Nc1ccccc1C(=O)O)S(C)(=O)=O. The summed E-state index contributed by atoms with van der Waals surface area (Å²) in [4.78, 5) is 23.7. The predicted octanol–water partition coefficient (Wildman–Crippen LogP) is 2.41. The molecular formula is C18H20N2O5S. The van der Waals surface area contributed by atoms with Gasteiger partial charge in [0.1, 0.15) is 6.54 Å². The van der Waals surface area contributed by atoms with Crippen LogP contribution in [0.5, 0.6) is 0 Å². The predicted molar refractivity (Wildman–Crippen MR) is 100 cm³/mol. The first-order chi connectivity index (χ1) is 12.1. The van der Waals surface area contributed by atoms with E-state index >= 15 is 0 Å². The first kappa shape index (κ1) is 19.5. The third-order valence-electron chi connectivity index (χ3n) is 3.81. The maximum atomic E-state index is 12.4. The summed E-state index contributed by atoms with van der Waals surface area (Å²) in [5.74, 6) is -1.82. The third-order valence-corrected chi connectivity index (χ3v) is 4.92. The van der Waals surface area contributed by atoms with Crippen LogP contribution in [-0.2, 0) is 14.8 Å². The molecule has 0 aliphatic carbocycles. The molecule has 2 aromatic carbocycles. The summed E-state index contributed by atoms with van der Waals surface area (Å²) in [5, 5.41) is 11.7. The second kappa shape index (κ2) is 7.57. The van der Waals surface area contributed by atoms with Crippen molar-refractivity contribution in [3.05, 3.63) is 59.2 Å². The van der Waals surface area contributed by atoms with Crippen LogP contribution in [-0.4, -0.2) is 38.2 Å². The summed E-state index contributed by atoms with van der Waals surface area (Å²) in [6.07, 6.45) is 1.03. The van der Waals surface area contributed by atoms with Gasteiger partial charge in [-0.3, -0.25) is 9.10 Å². The number of carboxylic acids is 1. The van der Waals surface area contributed by atoms with Crippen LogP contribution in [0, 0.1) is 13.8 Å². The van der Waals surface area contributed by atoms with Gasteiger partial charge >= 0.3 is 5.97 Å². The lowest BCUT2D eigenvalue weighted by molar-refractivity contribution is -0.114. The van der Waals surface area contributed by atoms with Crippen molar-refractivity contribution in [1.29, 1.82) is 0 Å². The van der Waals surface area contributed by atoms with E-state index in [1.807, 2.05) is 0 Å². The average Bonchev–Trinajstić information content (AvgIpc) is 2.53. The number of aryl methyl sites for hydroxylation is 2. The molecule has 0 bridgehead atoms. The number of benzene rings is 2. The fourth-order valence-corrected chi connectivity index (χ4v) is 3.63. The Hall–Kier alpha value is -2.87. The maximum absolute atomic E-state index is 12.4. The number of carbonyl (C=O) groups is 2. The van der Waals surface area contributed by atoms with Crippen LogP contribution in [0.3, 0.4) is 0 Å². The molecule has 2 rings (SSSR count). The van der Waals surface area contributed by atoms with E-state index in [9.17, 15) is 23.1 Å². The van der Waals surface area contributed by atoms with Crippen LogP contribution < -0.4 is 9.62 Å². The summed E-state index contributed by atoms with van der Waals surface area (Å²) < 4.78 is 25.5. The Morgan fingerprint density at radius 1 is 1.04 bits per heavy atom. The Labute approximate surface area is 152 Å². The number of carboxylic acid groups (broad SMARTS) is 1. The summed E-state index contributed by atoms with van der Waals surface area (Å²) >= 11 is 0. The zero-order chi connectivity index (χ0) is 19.5. The first-order valence-electron chi connectivity index (χ1n) is 7.77. The standard InChI is InChI=1S/C18H20N2O5S/c1-12-7-6-8-13(2)17(12)20(26(3,24)25)11-16(21)19-15-10-5-4-9-14(15)18(22)23/h4-10H,11H2,1-3H3,(H,19,21)(H,22,23). The number of anilines is 2. The van der Waals surface area contributed by atoms with Gasteiger partial charge in [0.2, 0.25) is 15.9 Å². The molecule has 2 aromatic rings. The van der Waals surface area contributed by atoms with Crippen molar-refractivity contribution in [2.75, 3.05) is 22.4 Å². The van der Waals surface area contributed by atoms with E-state index in [4.69, 9.17) is 0 Å². The van der Waals surface area contributed by atoms with Crippen molar-refractivity contribution >= 4 is 33.3 Å². The molecule has 0 aliphatic heterocycles. The maximum Gasteiger partial charge on any atom is 0.337 e. The number of nitrogens with one attached hydrogen (secondary N) is 1. The highest BCUT2D eigenvalue weighted by molar-refractivity contribution is 7.92. The van der Waals surface area contributed by atoms with Gasteiger partial charge in [-0.25, -0.2) is 13.2 Å². The number of hydrogen-bond acceptors (Lipinski definition) is 4. The second-order valence-corrected chi connectivity index (χ2v) is 7.82. The van der Waals surface area contributed by atoms with E-state index in [-0.39, 0.29) is 11.3 Å². The molecule has 2 N–H and O–H groups in total. The molecule has 0 aliphatic rings. The lowest BCUT2D eigenvalue weighted by atomic mass is 10.1. The molecule has 0 fully saturated rings. The van der Waals surface area contributed by atoms with Gasteiger partial charge in [0.25, 0.3) is 0 Å². The summed E-state index contributed by atoms with van der Waals surface area (Å²) in [7, 11) is -3.72. The molecular weight excluding hydrogens is 356 g/mol. The molecule has 0 saturated carbocycles. The van der Waals surface area contributed by atoms with Crippen molar-refractivity contribution in [1.82, 2.24) is 0 Å². The number of nitrogens with zero attached hydrogens (tertiary/aromatic N) is 1. The normalized spacial score (nSPS) is 11.0. The van der Waals surface area contributed by atoms with Gasteiger partial charge in [-0.15, -0.1) is 0 Å². The quantitative estimate of drug-likeness (QED) is 0.806. The number of aromatic carboxylic acids is 1. The summed E-state index contributed by atoms with van der Waals surface area (Å²) in [5.41, 5.74) is 1.92. The van der Waals surface area contributed by atoms with E-state index in [0.717, 1.165) is 10.6 Å². The van der Waals surface area contributed by atoms with Crippen LogP contribution in [0.2, 0.25) is 0 Å². The number of hydrogen-bond donors (Lipinski definition) is 2. The second-order valence-electron chi connectivity index (χ2n) is 5.91. The van der Waals surface area contributed by atoms with Gasteiger partial charge in [0, 0.05) is 0 Å². The number of rotatable bonds is 6. The highest BCUT2D eigenvalue weighted by Gasteiger charge is 2.24. The molecule has 7 nitrogen and oxygen atoms in total. The molecule has 0 spiro atoms. The van der Waals surface area contributed by atoms with Gasteiger partial charge < -0.3 is 10.4 Å². The number of para-hydroxylation sites is 2. The average molecular weight is 376 g/mol. The van der Waals surface area contributed by atoms with Crippen molar-refractivity contribution in [3.8, 4) is 0 Å². The van der Waals surface area contributed by atoms with Gasteiger partial charge in [-0.1, -0.05) is 30.3 Å². The molecule has 0 aromatic heterocycles. The Balaban J connectivity index is 2.34. The molecule has 138 valence electrons. The summed E-state index contributed by atoms with van der Waals surface area (Å²) in [6, 6.07) is 11.3. The largest absolute Gasteiger partial charge is 0.478 e. The van der Waals surface area contributed by atoms with Crippen molar-refractivity contribution in [2.24, 2.45) is 0 Å². The molecule has 0 unspecified atom stereocenters. The minimum absolute atomic E-state index is 0.0705. The molecule has 0 heterocycles. The monoisotopic (exact) mass is 376 g/mol.